The fraction of sp³-hybridized carbons (Fsp3) is 0.364. The normalized spacial score (nSPS) is 13.9. The Morgan fingerprint density at radius 2 is 1.83 bits per heavy atom. The van der Waals surface area contributed by atoms with Gasteiger partial charge < -0.3 is 19.9 Å². The van der Waals surface area contributed by atoms with Crippen molar-refractivity contribution in [3.8, 4) is 5.75 Å². The first-order chi connectivity index (χ1) is 14.0. The van der Waals surface area contributed by atoms with E-state index in [9.17, 15) is 9.59 Å². The number of ether oxygens (including phenoxy) is 1. The van der Waals surface area contributed by atoms with E-state index in [1.165, 1.54) is 0 Å². The van der Waals surface area contributed by atoms with Crippen molar-refractivity contribution in [1.29, 1.82) is 0 Å². The lowest BCUT2D eigenvalue weighted by atomic mass is 10.1. The van der Waals surface area contributed by atoms with E-state index in [4.69, 9.17) is 16.3 Å². The molecule has 0 bridgehead atoms. The van der Waals surface area contributed by atoms with E-state index in [0.29, 0.717) is 36.0 Å². The van der Waals surface area contributed by atoms with E-state index in [0.717, 1.165) is 24.3 Å². The number of nitrogens with one attached hydrogen (secondary N) is 1. The lowest BCUT2D eigenvalue weighted by molar-refractivity contribution is -0.130. The zero-order valence-corrected chi connectivity index (χ0v) is 17.5. The minimum Gasteiger partial charge on any atom is -0.493 e. The van der Waals surface area contributed by atoms with Crippen molar-refractivity contribution in [3.05, 3.63) is 58.6 Å². The Balaban J connectivity index is 1.52. The monoisotopic (exact) mass is 415 g/mol. The van der Waals surface area contributed by atoms with Gasteiger partial charge in [0.15, 0.2) is 0 Å². The lowest BCUT2D eigenvalue weighted by Crippen LogP contribution is -2.51. The summed E-state index contributed by atoms with van der Waals surface area (Å²) in [5, 5.41) is 3.42. The summed E-state index contributed by atoms with van der Waals surface area (Å²) in [5.74, 6) is 0.121. The zero-order valence-electron chi connectivity index (χ0n) is 16.8. The molecule has 1 aliphatic rings. The molecule has 1 heterocycles. The summed E-state index contributed by atoms with van der Waals surface area (Å²) in [4.78, 5) is 29.0. The SMILES string of the molecule is CCOc1ccccc1C(=O)NCC(=O)N1CCN(c2cc(Cl)ccc2C)CC1. The molecule has 1 saturated heterocycles. The molecule has 0 unspecified atom stereocenters. The van der Waals surface area contributed by atoms with Gasteiger partial charge in [-0.2, -0.15) is 0 Å². The summed E-state index contributed by atoms with van der Waals surface area (Å²) in [6.45, 7) is 7.03. The Labute approximate surface area is 176 Å². The molecule has 154 valence electrons. The van der Waals surface area contributed by atoms with Crippen molar-refractivity contribution in [2.24, 2.45) is 0 Å². The van der Waals surface area contributed by atoms with Crippen LogP contribution in [0.1, 0.15) is 22.8 Å². The Kier molecular flexibility index (Phi) is 6.99. The molecule has 7 heteroatoms. The summed E-state index contributed by atoms with van der Waals surface area (Å²) in [5.41, 5.74) is 2.70. The second-order valence-electron chi connectivity index (χ2n) is 6.91. The smallest absolute Gasteiger partial charge is 0.255 e. The highest BCUT2D eigenvalue weighted by atomic mass is 35.5. The highest BCUT2D eigenvalue weighted by molar-refractivity contribution is 6.30. The zero-order chi connectivity index (χ0) is 20.8. The summed E-state index contributed by atoms with van der Waals surface area (Å²) in [6, 6.07) is 12.9. The third-order valence-electron chi connectivity index (χ3n) is 4.98. The molecule has 0 spiro atoms. The van der Waals surface area contributed by atoms with Crippen LogP contribution in [-0.2, 0) is 4.79 Å². The topological polar surface area (TPSA) is 61.9 Å². The molecule has 1 fully saturated rings. The number of rotatable bonds is 6. The highest BCUT2D eigenvalue weighted by Crippen LogP contribution is 2.25. The van der Waals surface area contributed by atoms with Crippen LogP contribution in [0.15, 0.2) is 42.5 Å². The van der Waals surface area contributed by atoms with Crippen molar-refractivity contribution in [2.45, 2.75) is 13.8 Å². The number of amides is 2. The van der Waals surface area contributed by atoms with E-state index in [1.807, 2.05) is 31.2 Å². The van der Waals surface area contributed by atoms with Gasteiger partial charge in [0.25, 0.3) is 5.91 Å². The molecule has 2 aromatic carbocycles. The van der Waals surface area contributed by atoms with E-state index >= 15 is 0 Å². The van der Waals surface area contributed by atoms with Crippen LogP contribution < -0.4 is 15.0 Å². The molecule has 6 nitrogen and oxygen atoms in total. The number of carbonyl (C=O) groups excluding carboxylic acids is 2. The molecule has 0 atom stereocenters. The Bertz CT molecular complexity index is 879. The van der Waals surface area contributed by atoms with Gasteiger partial charge in [0, 0.05) is 36.9 Å². The number of carbonyl (C=O) groups is 2. The molecular formula is C22H26ClN3O3. The van der Waals surface area contributed by atoms with Crippen LogP contribution in [0.25, 0.3) is 0 Å². The maximum Gasteiger partial charge on any atom is 0.255 e. The van der Waals surface area contributed by atoms with E-state index < -0.39 is 0 Å². The molecule has 0 aromatic heterocycles. The number of aryl methyl sites for hydroxylation is 1. The second kappa shape index (κ2) is 9.65. The number of halogens is 1. The predicted octanol–water partition coefficient (Wildman–Crippen LogP) is 3.13. The van der Waals surface area contributed by atoms with Crippen molar-refractivity contribution < 1.29 is 14.3 Å². The average Bonchev–Trinajstić information content (AvgIpc) is 2.74. The maximum absolute atomic E-state index is 12.5. The van der Waals surface area contributed by atoms with Gasteiger partial charge in [0.1, 0.15) is 5.75 Å². The summed E-state index contributed by atoms with van der Waals surface area (Å²) < 4.78 is 5.48. The number of hydrogen-bond donors (Lipinski definition) is 1. The average molecular weight is 416 g/mol. The number of piperazine rings is 1. The quantitative estimate of drug-likeness (QED) is 0.787. The van der Waals surface area contributed by atoms with Gasteiger partial charge in [-0.25, -0.2) is 0 Å². The number of anilines is 1. The van der Waals surface area contributed by atoms with Crippen LogP contribution in [0.5, 0.6) is 5.75 Å². The second-order valence-corrected chi connectivity index (χ2v) is 7.35. The fourth-order valence-electron chi connectivity index (χ4n) is 3.42. The molecule has 1 aliphatic heterocycles. The third-order valence-corrected chi connectivity index (χ3v) is 5.21. The van der Waals surface area contributed by atoms with Gasteiger partial charge >= 0.3 is 0 Å². The Morgan fingerprint density at radius 1 is 1.10 bits per heavy atom. The summed E-state index contributed by atoms with van der Waals surface area (Å²) >= 11 is 6.13. The molecule has 1 N–H and O–H groups in total. The van der Waals surface area contributed by atoms with Crippen LogP contribution in [0.2, 0.25) is 5.02 Å². The van der Waals surface area contributed by atoms with Gasteiger partial charge in [-0.05, 0) is 43.7 Å². The number of hydrogen-bond acceptors (Lipinski definition) is 4. The first-order valence-electron chi connectivity index (χ1n) is 9.78. The first kappa shape index (κ1) is 21.0. The molecule has 2 amide bonds. The number of nitrogens with zero attached hydrogens (tertiary/aromatic N) is 2. The van der Waals surface area contributed by atoms with Gasteiger partial charge in [0.05, 0.1) is 18.7 Å². The summed E-state index contributed by atoms with van der Waals surface area (Å²) in [7, 11) is 0. The van der Waals surface area contributed by atoms with Gasteiger partial charge in [0.2, 0.25) is 5.91 Å². The van der Waals surface area contributed by atoms with Crippen molar-refractivity contribution in [1.82, 2.24) is 10.2 Å². The van der Waals surface area contributed by atoms with Crippen molar-refractivity contribution in [2.75, 3.05) is 44.2 Å². The fourth-order valence-corrected chi connectivity index (χ4v) is 3.58. The molecule has 0 radical (unpaired) electrons. The first-order valence-corrected chi connectivity index (χ1v) is 10.2. The van der Waals surface area contributed by atoms with Crippen molar-refractivity contribution >= 4 is 29.1 Å². The standard InChI is InChI=1S/C22H26ClN3O3/c1-3-29-20-7-5-4-6-18(20)22(28)24-15-21(27)26-12-10-25(11-13-26)19-14-17(23)9-8-16(19)2/h4-9,14H,3,10-13,15H2,1-2H3,(H,24,28). The summed E-state index contributed by atoms with van der Waals surface area (Å²) in [6.07, 6.45) is 0. The van der Waals surface area contributed by atoms with Crippen LogP contribution in [0.3, 0.4) is 0 Å². The maximum atomic E-state index is 12.5. The third kappa shape index (κ3) is 5.21. The molecule has 0 saturated carbocycles. The van der Waals surface area contributed by atoms with Gasteiger partial charge in [-0.1, -0.05) is 29.8 Å². The number of benzene rings is 2. The lowest BCUT2D eigenvalue weighted by Gasteiger charge is -2.37. The minimum atomic E-state index is -0.310. The van der Waals surface area contributed by atoms with Gasteiger partial charge in [-0.3, -0.25) is 9.59 Å². The number of para-hydroxylation sites is 1. The molecule has 3 rings (SSSR count). The van der Waals surface area contributed by atoms with Crippen molar-refractivity contribution in [3.63, 3.8) is 0 Å². The molecular weight excluding hydrogens is 390 g/mol. The highest BCUT2D eigenvalue weighted by Gasteiger charge is 2.23. The van der Waals surface area contributed by atoms with Crippen LogP contribution in [0.4, 0.5) is 5.69 Å². The largest absolute Gasteiger partial charge is 0.493 e. The predicted molar refractivity (Wildman–Crippen MR) is 115 cm³/mol. The van der Waals surface area contributed by atoms with Crippen LogP contribution >= 0.6 is 11.6 Å². The molecule has 2 aromatic rings. The van der Waals surface area contributed by atoms with Crippen LogP contribution in [0, 0.1) is 6.92 Å². The molecule has 29 heavy (non-hydrogen) atoms. The molecule has 0 aliphatic carbocycles. The Morgan fingerprint density at radius 3 is 2.55 bits per heavy atom. The van der Waals surface area contributed by atoms with Crippen LogP contribution in [-0.4, -0.2) is 56.0 Å². The van der Waals surface area contributed by atoms with E-state index in [2.05, 4.69) is 17.1 Å². The van der Waals surface area contributed by atoms with Gasteiger partial charge in [-0.15, -0.1) is 0 Å². The van der Waals surface area contributed by atoms with E-state index in [-0.39, 0.29) is 18.4 Å². The minimum absolute atomic E-state index is 0.0323. The van der Waals surface area contributed by atoms with E-state index in [1.54, 1.807) is 23.1 Å². The Hall–Kier alpha value is -2.73.